The first kappa shape index (κ1) is 16.8. The fourth-order valence-electron chi connectivity index (χ4n) is 3.16. The molecule has 2 aromatic rings. The number of hydrogen-bond acceptors (Lipinski definition) is 5. The Bertz CT molecular complexity index is 757. The lowest BCUT2D eigenvalue weighted by Crippen LogP contribution is -2.37. The molecule has 1 unspecified atom stereocenters. The summed E-state index contributed by atoms with van der Waals surface area (Å²) < 4.78 is 1.63. The van der Waals surface area contributed by atoms with Gasteiger partial charge in [-0.1, -0.05) is 20.8 Å². The summed E-state index contributed by atoms with van der Waals surface area (Å²) >= 11 is 0. The monoisotopic (exact) mass is 330 g/mol. The largest absolute Gasteiger partial charge is 0.293 e. The molecule has 1 aliphatic heterocycles. The Kier molecular flexibility index (Phi) is 4.54. The average molecular weight is 330 g/mol. The van der Waals surface area contributed by atoms with Gasteiger partial charge in [-0.05, 0) is 25.5 Å². The highest BCUT2D eigenvalue weighted by Crippen LogP contribution is 2.21. The lowest BCUT2D eigenvalue weighted by molar-refractivity contribution is 0.213. The summed E-state index contributed by atoms with van der Waals surface area (Å²) in [6.45, 7) is 8.75. The fourth-order valence-corrected chi connectivity index (χ4v) is 3.16. The van der Waals surface area contributed by atoms with Crippen LogP contribution in [0.1, 0.15) is 45.0 Å². The number of hydrogen-bond donors (Lipinski definition) is 0. The highest BCUT2D eigenvalue weighted by Gasteiger charge is 2.27. The molecule has 1 atom stereocenters. The Morgan fingerprint density at radius 3 is 2.71 bits per heavy atom. The van der Waals surface area contributed by atoms with Crippen LogP contribution in [0.5, 0.6) is 0 Å². The molecular formula is C17H26N6O. The Morgan fingerprint density at radius 2 is 2.04 bits per heavy atom. The maximum absolute atomic E-state index is 12.2. The van der Waals surface area contributed by atoms with Crippen LogP contribution >= 0.6 is 0 Å². The third-order valence-electron chi connectivity index (χ3n) is 4.53. The molecule has 0 aromatic carbocycles. The molecule has 0 amide bonds. The number of aryl methyl sites for hydroxylation is 1. The summed E-state index contributed by atoms with van der Waals surface area (Å²) in [4.78, 5) is 16.2. The summed E-state index contributed by atoms with van der Waals surface area (Å²) in [5.74, 6) is 0. The molecule has 130 valence electrons. The topological polar surface area (TPSA) is 68.8 Å². The van der Waals surface area contributed by atoms with Crippen LogP contribution in [0.4, 0.5) is 0 Å². The van der Waals surface area contributed by atoms with Crippen molar-refractivity contribution in [2.24, 2.45) is 7.05 Å². The molecule has 7 heteroatoms. The molecule has 0 bridgehead atoms. The third-order valence-corrected chi connectivity index (χ3v) is 4.53. The molecule has 7 nitrogen and oxygen atoms in total. The molecule has 1 saturated heterocycles. The predicted molar refractivity (Wildman–Crippen MR) is 91.6 cm³/mol. The second-order valence-electron chi connectivity index (χ2n) is 7.58. The number of aromatic nitrogens is 5. The molecule has 1 aliphatic rings. The molecule has 3 rings (SSSR count). The first-order valence-corrected chi connectivity index (χ1v) is 8.51. The zero-order valence-corrected chi connectivity index (χ0v) is 14.9. The minimum Gasteiger partial charge on any atom is -0.293 e. The normalized spacial score (nSPS) is 19.1. The van der Waals surface area contributed by atoms with Gasteiger partial charge >= 0.3 is 0 Å². The lowest BCUT2D eigenvalue weighted by Gasteiger charge is -2.24. The summed E-state index contributed by atoms with van der Waals surface area (Å²) in [5, 5.41) is 13.1. The van der Waals surface area contributed by atoms with Gasteiger partial charge in [-0.25, -0.2) is 4.68 Å². The fraction of sp³-hybridized carbons (Fsp3) is 0.647. The van der Waals surface area contributed by atoms with Gasteiger partial charge in [-0.2, -0.15) is 20.1 Å². The first-order chi connectivity index (χ1) is 11.3. The second-order valence-corrected chi connectivity index (χ2v) is 7.58. The molecule has 0 radical (unpaired) electrons. The van der Waals surface area contributed by atoms with Gasteiger partial charge in [0.15, 0.2) is 0 Å². The van der Waals surface area contributed by atoms with Crippen molar-refractivity contribution in [2.45, 2.75) is 58.2 Å². The molecule has 2 aromatic heterocycles. The van der Waals surface area contributed by atoms with E-state index >= 15 is 0 Å². The summed E-state index contributed by atoms with van der Waals surface area (Å²) in [6, 6.07) is 3.79. The number of likely N-dealkylation sites (tertiary alicyclic amines) is 1. The molecule has 0 spiro atoms. The summed E-state index contributed by atoms with van der Waals surface area (Å²) in [6.07, 6.45) is 4.02. The Morgan fingerprint density at radius 1 is 1.25 bits per heavy atom. The zero-order valence-electron chi connectivity index (χ0n) is 14.9. The van der Waals surface area contributed by atoms with E-state index in [-0.39, 0.29) is 11.0 Å². The maximum Gasteiger partial charge on any atom is 0.266 e. The van der Waals surface area contributed by atoms with E-state index in [1.807, 2.05) is 13.1 Å². The lowest BCUT2D eigenvalue weighted by atomic mass is 9.92. The van der Waals surface area contributed by atoms with Crippen LogP contribution in [0, 0.1) is 0 Å². The second kappa shape index (κ2) is 6.47. The van der Waals surface area contributed by atoms with E-state index in [4.69, 9.17) is 0 Å². The SMILES string of the molecule is Cn1ncc(CN2CCCC2Cn2nc(C(C)(C)C)ccc2=O)n1. The zero-order chi connectivity index (χ0) is 17.3. The quantitative estimate of drug-likeness (QED) is 0.846. The van der Waals surface area contributed by atoms with Gasteiger partial charge in [0.25, 0.3) is 5.56 Å². The first-order valence-electron chi connectivity index (χ1n) is 8.51. The van der Waals surface area contributed by atoms with Crippen molar-refractivity contribution in [3.8, 4) is 0 Å². The van der Waals surface area contributed by atoms with Crippen LogP contribution < -0.4 is 5.56 Å². The van der Waals surface area contributed by atoms with Crippen molar-refractivity contribution >= 4 is 0 Å². The average Bonchev–Trinajstić information content (AvgIpc) is 3.10. The van der Waals surface area contributed by atoms with Gasteiger partial charge in [0.05, 0.1) is 24.1 Å². The highest BCUT2D eigenvalue weighted by atomic mass is 16.1. The highest BCUT2D eigenvalue weighted by molar-refractivity contribution is 5.10. The standard InChI is InChI=1S/C17H26N6O/c1-17(2,3)15-7-8-16(24)23(20-15)12-14-6-5-9-22(14)11-13-10-18-21(4)19-13/h7-8,10,14H,5-6,9,11-12H2,1-4H3. The van der Waals surface area contributed by atoms with Crippen LogP contribution in [-0.4, -0.2) is 42.3 Å². The number of nitrogens with zero attached hydrogens (tertiary/aromatic N) is 6. The Balaban J connectivity index is 1.76. The summed E-state index contributed by atoms with van der Waals surface area (Å²) in [7, 11) is 1.83. The van der Waals surface area contributed by atoms with Gasteiger partial charge in [-0.15, -0.1) is 0 Å². The van der Waals surface area contributed by atoms with E-state index in [1.165, 1.54) is 0 Å². The van der Waals surface area contributed by atoms with Crippen molar-refractivity contribution in [1.29, 1.82) is 0 Å². The Labute approximate surface area is 142 Å². The molecular weight excluding hydrogens is 304 g/mol. The van der Waals surface area contributed by atoms with Crippen molar-refractivity contribution < 1.29 is 0 Å². The molecule has 0 N–H and O–H groups in total. The summed E-state index contributed by atoms with van der Waals surface area (Å²) in [5.41, 5.74) is 1.81. The molecule has 24 heavy (non-hydrogen) atoms. The third kappa shape index (κ3) is 3.72. The van der Waals surface area contributed by atoms with Crippen molar-refractivity contribution in [1.82, 2.24) is 29.7 Å². The van der Waals surface area contributed by atoms with E-state index in [1.54, 1.807) is 21.7 Å². The van der Waals surface area contributed by atoms with Gasteiger partial charge in [0.1, 0.15) is 0 Å². The van der Waals surface area contributed by atoms with E-state index in [0.717, 1.165) is 37.3 Å². The smallest absolute Gasteiger partial charge is 0.266 e. The van der Waals surface area contributed by atoms with Gasteiger partial charge in [0.2, 0.25) is 0 Å². The van der Waals surface area contributed by atoms with Gasteiger partial charge in [0, 0.05) is 31.1 Å². The van der Waals surface area contributed by atoms with Crippen molar-refractivity contribution in [3.05, 3.63) is 40.1 Å². The van der Waals surface area contributed by atoms with Gasteiger partial charge < -0.3 is 0 Å². The van der Waals surface area contributed by atoms with Crippen molar-refractivity contribution in [2.75, 3.05) is 6.54 Å². The van der Waals surface area contributed by atoms with Crippen LogP contribution in [0.2, 0.25) is 0 Å². The van der Waals surface area contributed by atoms with E-state index in [9.17, 15) is 4.79 Å². The Hall–Kier alpha value is -2.02. The van der Waals surface area contributed by atoms with Crippen LogP contribution in [0.15, 0.2) is 23.1 Å². The van der Waals surface area contributed by atoms with E-state index in [0.29, 0.717) is 12.6 Å². The maximum atomic E-state index is 12.2. The van der Waals surface area contributed by atoms with E-state index in [2.05, 4.69) is 41.0 Å². The van der Waals surface area contributed by atoms with Crippen molar-refractivity contribution in [3.63, 3.8) is 0 Å². The molecule has 0 saturated carbocycles. The van der Waals surface area contributed by atoms with E-state index < -0.39 is 0 Å². The molecule has 1 fully saturated rings. The molecule has 0 aliphatic carbocycles. The minimum absolute atomic E-state index is 0.0330. The molecule has 3 heterocycles. The van der Waals surface area contributed by atoms with Crippen LogP contribution in [-0.2, 0) is 25.6 Å². The minimum atomic E-state index is -0.0650. The van der Waals surface area contributed by atoms with Crippen LogP contribution in [0.25, 0.3) is 0 Å². The van der Waals surface area contributed by atoms with Crippen LogP contribution in [0.3, 0.4) is 0 Å². The number of rotatable bonds is 4. The van der Waals surface area contributed by atoms with Gasteiger partial charge in [-0.3, -0.25) is 9.69 Å². The predicted octanol–water partition coefficient (Wildman–Crippen LogP) is 1.33.